The molecule has 0 aliphatic carbocycles. The van der Waals surface area contributed by atoms with Gasteiger partial charge in [-0.2, -0.15) is 22.0 Å². The van der Waals surface area contributed by atoms with Crippen LogP contribution in [0.3, 0.4) is 0 Å². The van der Waals surface area contributed by atoms with Crippen molar-refractivity contribution in [3.8, 4) is 5.75 Å². The lowest BCUT2D eigenvalue weighted by Crippen LogP contribution is -2.46. The summed E-state index contributed by atoms with van der Waals surface area (Å²) in [6.07, 6.45) is -4.22. The number of carbonyl (C=O) groups is 1. The Balaban J connectivity index is 2.81. The number of carbonyl (C=O) groups excluding carboxylic acids is 1. The van der Waals surface area contributed by atoms with E-state index in [2.05, 4.69) is 4.74 Å². The SMILES string of the molecule is CSc1ccc(OC(=O)C(F)(F)C(F)(F)F)cc1. The summed E-state index contributed by atoms with van der Waals surface area (Å²) in [5.41, 5.74) is 0. The molecule has 18 heavy (non-hydrogen) atoms. The van der Waals surface area contributed by atoms with Crippen LogP contribution in [0.5, 0.6) is 5.75 Å². The maximum atomic E-state index is 12.6. The molecule has 1 aromatic rings. The van der Waals surface area contributed by atoms with Crippen LogP contribution in [0.25, 0.3) is 0 Å². The Kier molecular flexibility index (Phi) is 4.20. The van der Waals surface area contributed by atoms with Crippen molar-refractivity contribution in [1.29, 1.82) is 0 Å². The van der Waals surface area contributed by atoms with E-state index in [0.717, 1.165) is 17.0 Å². The fraction of sp³-hybridized carbons (Fsp3) is 0.300. The molecule has 0 spiro atoms. The van der Waals surface area contributed by atoms with Gasteiger partial charge in [0.1, 0.15) is 5.75 Å². The highest BCUT2D eigenvalue weighted by molar-refractivity contribution is 7.98. The molecule has 1 aromatic carbocycles. The van der Waals surface area contributed by atoms with Crippen molar-refractivity contribution in [1.82, 2.24) is 0 Å². The number of halogens is 5. The van der Waals surface area contributed by atoms with Crippen molar-refractivity contribution in [2.45, 2.75) is 17.0 Å². The highest BCUT2D eigenvalue weighted by Crippen LogP contribution is 2.36. The van der Waals surface area contributed by atoms with E-state index in [9.17, 15) is 26.7 Å². The van der Waals surface area contributed by atoms with Gasteiger partial charge in [0, 0.05) is 4.90 Å². The molecule has 2 nitrogen and oxygen atoms in total. The molecule has 0 saturated heterocycles. The third kappa shape index (κ3) is 3.12. The number of benzene rings is 1. The van der Waals surface area contributed by atoms with Gasteiger partial charge < -0.3 is 4.74 Å². The standard InChI is InChI=1S/C10H7F5O2S/c1-18-7-4-2-6(3-5-7)17-8(16)9(11,12)10(13,14)15/h2-5H,1H3. The zero-order chi connectivity index (χ0) is 14.0. The number of hydrogen-bond acceptors (Lipinski definition) is 3. The normalized spacial score (nSPS) is 12.3. The summed E-state index contributed by atoms with van der Waals surface area (Å²) in [6.45, 7) is 0. The largest absolute Gasteiger partial charge is 0.465 e. The fourth-order valence-corrected chi connectivity index (χ4v) is 1.34. The second-order valence-corrected chi connectivity index (χ2v) is 4.02. The van der Waals surface area contributed by atoms with Gasteiger partial charge in [0.25, 0.3) is 0 Å². The minimum Gasteiger partial charge on any atom is -0.422 e. The smallest absolute Gasteiger partial charge is 0.422 e. The number of rotatable bonds is 3. The molecular formula is C10H7F5O2S. The Morgan fingerprint density at radius 2 is 1.61 bits per heavy atom. The Morgan fingerprint density at radius 3 is 2.00 bits per heavy atom. The van der Waals surface area contributed by atoms with Crippen LogP contribution in [-0.4, -0.2) is 24.3 Å². The van der Waals surface area contributed by atoms with Gasteiger partial charge in [-0.15, -0.1) is 11.8 Å². The highest BCUT2D eigenvalue weighted by Gasteiger charge is 2.65. The van der Waals surface area contributed by atoms with Crippen molar-refractivity contribution in [2.75, 3.05) is 6.26 Å². The average molecular weight is 286 g/mol. The maximum absolute atomic E-state index is 12.6. The fourth-order valence-electron chi connectivity index (χ4n) is 0.931. The first-order chi connectivity index (χ1) is 8.18. The van der Waals surface area contributed by atoms with Gasteiger partial charge in [-0.3, -0.25) is 0 Å². The van der Waals surface area contributed by atoms with Crippen molar-refractivity contribution < 1.29 is 31.5 Å². The number of esters is 1. The van der Waals surface area contributed by atoms with Gasteiger partial charge in [-0.25, -0.2) is 4.79 Å². The van der Waals surface area contributed by atoms with Crippen LogP contribution in [0, 0.1) is 0 Å². The van der Waals surface area contributed by atoms with Crippen LogP contribution >= 0.6 is 11.8 Å². The highest BCUT2D eigenvalue weighted by atomic mass is 32.2. The molecule has 8 heteroatoms. The number of hydrogen-bond donors (Lipinski definition) is 0. The van der Waals surface area contributed by atoms with Crippen LogP contribution < -0.4 is 4.74 Å². The van der Waals surface area contributed by atoms with Gasteiger partial charge >= 0.3 is 18.1 Å². The first-order valence-electron chi connectivity index (χ1n) is 4.49. The topological polar surface area (TPSA) is 26.3 Å². The van der Waals surface area contributed by atoms with Crippen molar-refractivity contribution in [2.24, 2.45) is 0 Å². The molecule has 0 aromatic heterocycles. The van der Waals surface area contributed by atoms with E-state index in [1.165, 1.54) is 23.9 Å². The molecule has 0 N–H and O–H groups in total. The quantitative estimate of drug-likeness (QED) is 0.368. The van der Waals surface area contributed by atoms with Gasteiger partial charge in [0.15, 0.2) is 0 Å². The number of ether oxygens (including phenoxy) is 1. The van der Waals surface area contributed by atoms with E-state index in [1.54, 1.807) is 6.26 Å². The molecule has 0 heterocycles. The van der Waals surface area contributed by atoms with E-state index >= 15 is 0 Å². The Hall–Kier alpha value is -1.31. The molecule has 100 valence electrons. The van der Waals surface area contributed by atoms with Crippen LogP contribution in [-0.2, 0) is 4.79 Å². The number of thioether (sulfide) groups is 1. The minimum atomic E-state index is -5.97. The molecule has 0 saturated carbocycles. The van der Waals surface area contributed by atoms with E-state index in [4.69, 9.17) is 0 Å². The first-order valence-corrected chi connectivity index (χ1v) is 5.72. The summed E-state index contributed by atoms with van der Waals surface area (Å²) in [6, 6.07) is 5.13. The average Bonchev–Trinajstić information content (AvgIpc) is 2.28. The molecular weight excluding hydrogens is 279 g/mol. The zero-order valence-electron chi connectivity index (χ0n) is 8.92. The monoisotopic (exact) mass is 286 g/mol. The van der Waals surface area contributed by atoms with E-state index in [1.807, 2.05) is 0 Å². The summed E-state index contributed by atoms with van der Waals surface area (Å²) in [7, 11) is 0. The van der Waals surface area contributed by atoms with Crippen molar-refractivity contribution in [3.05, 3.63) is 24.3 Å². The van der Waals surface area contributed by atoms with Crippen LogP contribution in [0.4, 0.5) is 22.0 Å². The number of alkyl halides is 5. The predicted molar refractivity (Wildman–Crippen MR) is 54.9 cm³/mol. The first kappa shape index (κ1) is 14.7. The minimum absolute atomic E-state index is 0.373. The maximum Gasteiger partial charge on any atom is 0.465 e. The third-order valence-corrected chi connectivity index (χ3v) is 2.63. The summed E-state index contributed by atoms with van der Waals surface area (Å²) >= 11 is 1.34. The lowest BCUT2D eigenvalue weighted by molar-refractivity contribution is -0.276. The molecule has 0 bridgehead atoms. The van der Waals surface area contributed by atoms with Gasteiger partial charge in [-0.1, -0.05) is 0 Å². The van der Waals surface area contributed by atoms with E-state index in [0.29, 0.717) is 0 Å². The van der Waals surface area contributed by atoms with Gasteiger partial charge in [0.05, 0.1) is 0 Å². The zero-order valence-corrected chi connectivity index (χ0v) is 9.74. The second kappa shape index (κ2) is 5.13. The van der Waals surface area contributed by atoms with Gasteiger partial charge in [-0.05, 0) is 30.5 Å². The molecule has 1 rings (SSSR count). The summed E-state index contributed by atoms with van der Waals surface area (Å²) in [5.74, 6) is -8.54. The molecule has 0 atom stereocenters. The molecule has 0 fully saturated rings. The molecule has 0 aliphatic heterocycles. The van der Waals surface area contributed by atoms with Crippen LogP contribution in [0.1, 0.15) is 0 Å². The molecule has 0 radical (unpaired) electrons. The predicted octanol–water partition coefficient (Wildman–Crippen LogP) is 3.51. The van der Waals surface area contributed by atoms with Crippen LogP contribution in [0.2, 0.25) is 0 Å². The summed E-state index contributed by atoms with van der Waals surface area (Å²) in [4.78, 5) is 11.5. The lowest BCUT2D eigenvalue weighted by Gasteiger charge is -2.17. The second-order valence-electron chi connectivity index (χ2n) is 3.14. The van der Waals surface area contributed by atoms with Gasteiger partial charge in [0.2, 0.25) is 0 Å². The Labute approximate surface area is 103 Å². The van der Waals surface area contributed by atoms with E-state index < -0.39 is 18.1 Å². The summed E-state index contributed by atoms with van der Waals surface area (Å²) < 4.78 is 64.6. The van der Waals surface area contributed by atoms with Crippen molar-refractivity contribution in [3.63, 3.8) is 0 Å². The third-order valence-electron chi connectivity index (χ3n) is 1.88. The van der Waals surface area contributed by atoms with Crippen molar-refractivity contribution >= 4 is 17.7 Å². The molecule has 0 amide bonds. The Bertz CT molecular complexity index is 427. The molecule has 0 unspecified atom stereocenters. The Morgan fingerprint density at radius 1 is 1.11 bits per heavy atom. The van der Waals surface area contributed by atoms with Crippen LogP contribution in [0.15, 0.2) is 29.2 Å². The van der Waals surface area contributed by atoms with E-state index in [-0.39, 0.29) is 5.75 Å². The molecule has 0 aliphatic rings. The lowest BCUT2D eigenvalue weighted by atomic mass is 10.3. The summed E-state index contributed by atoms with van der Waals surface area (Å²) in [5, 5.41) is 0.